The first kappa shape index (κ1) is 21.4. The summed E-state index contributed by atoms with van der Waals surface area (Å²) in [6, 6.07) is 11.7. The van der Waals surface area contributed by atoms with Crippen molar-refractivity contribution in [2.45, 2.75) is 32.7 Å². The molecule has 0 saturated carbocycles. The molecule has 1 amide bonds. The van der Waals surface area contributed by atoms with Gasteiger partial charge in [-0.05, 0) is 24.8 Å². The molecule has 3 aromatic rings. The van der Waals surface area contributed by atoms with Crippen LogP contribution in [0.25, 0.3) is 11.4 Å². The minimum atomic E-state index is 0.122. The van der Waals surface area contributed by atoms with E-state index in [2.05, 4.69) is 15.0 Å². The van der Waals surface area contributed by atoms with Crippen molar-refractivity contribution in [3.8, 4) is 11.4 Å². The van der Waals surface area contributed by atoms with Crippen molar-refractivity contribution in [1.82, 2.24) is 19.9 Å². The highest BCUT2D eigenvalue weighted by atomic mass is 32.1. The zero-order valence-electron chi connectivity index (χ0n) is 17.6. The number of thiophene rings is 1. The molecule has 1 aliphatic rings. The van der Waals surface area contributed by atoms with E-state index in [-0.39, 0.29) is 11.7 Å². The lowest BCUT2D eigenvalue weighted by Gasteiger charge is -2.34. The van der Waals surface area contributed by atoms with Crippen LogP contribution in [0.3, 0.4) is 0 Å². The third-order valence-electron chi connectivity index (χ3n) is 5.45. The highest BCUT2D eigenvalue weighted by molar-refractivity contribution is 7.12. The average Bonchev–Trinajstić information content (AvgIpc) is 3.47. The number of hydrogen-bond acceptors (Lipinski definition) is 7. The molecule has 0 radical (unpaired) electrons. The molecular weight excluding hydrogens is 412 g/mol. The van der Waals surface area contributed by atoms with Gasteiger partial charge in [0.05, 0.1) is 11.4 Å². The van der Waals surface area contributed by atoms with E-state index in [0.29, 0.717) is 50.6 Å². The first-order chi connectivity index (χ1) is 15.1. The number of Topliss-reactive ketones (excluding diaryl/α,β-unsaturated/α-hetero) is 1. The number of rotatable bonds is 8. The van der Waals surface area contributed by atoms with Crippen molar-refractivity contribution in [2.75, 3.05) is 26.2 Å². The van der Waals surface area contributed by atoms with Gasteiger partial charge in [0.25, 0.3) is 0 Å². The second-order valence-electron chi connectivity index (χ2n) is 7.79. The summed E-state index contributed by atoms with van der Waals surface area (Å²) in [5, 5.41) is 5.99. The first-order valence-electron chi connectivity index (χ1n) is 10.5. The molecule has 2 aromatic heterocycles. The number of piperazine rings is 1. The molecule has 1 aliphatic heterocycles. The van der Waals surface area contributed by atoms with E-state index < -0.39 is 0 Å². The molecule has 4 rings (SSSR count). The molecule has 1 saturated heterocycles. The Balaban J connectivity index is 1.19. The summed E-state index contributed by atoms with van der Waals surface area (Å²) in [4.78, 5) is 33.9. The fourth-order valence-electron chi connectivity index (χ4n) is 3.60. The molecule has 162 valence electrons. The maximum Gasteiger partial charge on any atom is 0.241 e. The monoisotopic (exact) mass is 438 g/mol. The topological polar surface area (TPSA) is 79.5 Å². The van der Waals surface area contributed by atoms with Crippen LogP contribution in [0.2, 0.25) is 0 Å². The van der Waals surface area contributed by atoms with Crippen molar-refractivity contribution < 1.29 is 14.1 Å². The predicted molar refractivity (Wildman–Crippen MR) is 119 cm³/mol. The Morgan fingerprint density at radius 3 is 2.55 bits per heavy atom. The molecule has 0 atom stereocenters. The lowest BCUT2D eigenvalue weighted by atomic mass is 10.1. The van der Waals surface area contributed by atoms with Crippen LogP contribution in [-0.2, 0) is 11.3 Å². The summed E-state index contributed by atoms with van der Waals surface area (Å²) in [7, 11) is 0. The van der Waals surface area contributed by atoms with Gasteiger partial charge in [-0.3, -0.25) is 14.5 Å². The summed E-state index contributed by atoms with van der Waals surface area (Å²) < 4.78 is 5.42. The number of aromatic nitrogens is 2. The normalized spacial score (nSPS) is 14.7. The van der Waals surface area contributed by atoms with E-state index in [0.717, 1.165) is 23.5 Å². The summed E-state index contributed by atoms with van der Waals surface area (Å²) in [6.07, 6.45) is 1.44. The van der Waals surface area contributed by atoms with E-state index in [4.69, 9.17) is 4.52 Å². The van der Waals surface area contributed by atoms with E-state index in [1.54, 1.807) is 0 Å². The number of amides is 1. The smallest absolute Gasteiger partial charge is 0.241 e. The fraction of sp³-hybridized carbons (Fsp3) is 0.391. The van der Waals surface area contributed by atoms with Gasteiger partial charge in [0.1, 0.15) is 0 Å². The summed E-state index contributed by atoms with van der Waals surface area (Å²) in [6.45, 7) is 5.51. The third kappa shape index (κ3) is 5.65. The Morgan fingerprint density at radius 2 is 1.84 bits per heavy atom. The van der Waals surface area contributed by atoms with Crippen molar-refractivity contribution >= 4 is 23.0 Å². The molecule has 0 unspecified atom stereocenters. The molecule has 1 fully saturated rings. The van der Waals surface area contributed by atoms with E-state index in [9.17, 15) is 9.59 Å². The summed E-state index contributed by atoms with van der Waals surface area (Å²) in [5.41, 5.74) is 2.13. The molecular formula is C23H26N4O3S. The molecule has 0 bridgehead atoms. The molecule has 8 heteroatoms. The number of ketones is 1. The number of aryl methyl sites for hydroxylation is 1. The van der Waals surface area contributed by atoms with Crippen LogP contribution in [0.5, 0.6) is 0 Å². The Hall–Kier alpha value is -2.84. The standard InChI is InChI=1S/C23H26N4O3S/c1-17-7-9-18(10-8-17)23-24-21(30-25-23)16-26-11-13-27(14-12-26)22(29)6-2-4-19(28)20-5-3-15-31-20/h3,5,7-10,15H,2,4,6,11-14,16H2,1H3. The highest BCUT2D eigenvalue weighted by Gasteiger charge is 2.22. The molecule has 3 heterocycles. The molecule has 1 aromatic carbocycles. The molecule has 0 aliphatic carbocycles. The zero-order valence-corrected chi connectivity index (χ0v) is 18.4. The molecule has 0 spiro atoms. The second-order valence-corrected chi connectivity index (χ2v) is 8.74. The number of benzene rings is 1. The molecule has 7 nitrogen and oxygen atoms in total. The maximum absolute atomic E-state index is 12.5. The number of carbonyl (C=O) groups is 2. The average molecular weight is 439 g/mol. The first-order valence-corrected chi connectivity index (χ1v) is 11.4. The van der Waals surface area contributed by atoms with Gasteiger partial charge in [-0.15, -0.1) is 11.3 Å². The Kier molecular flexibility index (Phi) is 6.89. The van der Waals surface area contributed by atoms with Crippen LogP contribution >= 0.6 is 11.3 Å². The SMILES string of the molecule is Cc1ccc(-c2noc(CN3CCN(C(=O)CCCC(=O)c4cccs4)CC3)n2)cc1. The minimum absolute atomic E-state index is 0.122. The summed E-state index contributed by atoms with van der Waals surface area (Å²) >= 11 is 1.45. The Morgan fingerprint density at radius 1 is 1.06 bits per heavy atom. The Labute approximate surface area is 185 Å². The van der Waals surface area contributed by atoms with Crippen molar-refractivity contribution in [3.05, 3.63) is 58.1 Å². The van der Waals surface area contributed by atoms with Crippen LogP contribution in [0, 0.1) is 6.92 Å². The number of carbonyl (C=O) groups excluding carboxylic acids is 2. The van der Waals surface area contributed by atoms with Crippen LogP contribution in [-0.4, -0.2) is 57.8 Å². The largest absolute Gasteiger partial charge is 0.340 e. The van der Waals surface area contributed by atoms with Gasteiger partial charge >= 0.3 is 0 Å². The van der Waals surface area contributed by atoms with Crippen molar-refractivity contribution in [3.63, 3.8) is 0 Å². The third-order valence-corrected chi connectivity index (χ3v) is 6.36. The van der Waals surface area contributed by atoms with Gasteiger partial charge in [-0.1, -0.05) is 41.1 Å². The highest BCUT2D eigenvalue weighted by Crippen LogP contribution is 2.18. The van der Waals surface area contributed by atoms with E-state index in [1.165, 1.54) is 16.9 Å². The van der Waals surface area contributed by atoms with Gasteiger partial charge < -0.3 is 9.42 Å². The van der Waals surface area contributed by atoms with Crippen LogP contribution in [0.1, 0.15) is 40.4 Å². The number of nitrogens with zero attached hydrogens (tertiary/aromatic N) is 4. The van der Waals surface area contributed by atoms with Crippen LogP contribution in [0.15, 0.2) is 46.3 Å². The number of hydrogen-bond donors (Lipinski definition) is 0. The van der Waals surface area contributed by atoms with E-state index in [1.807, 2.05) is 53.6 Å². The summed E-state index contributed by atoms with van der Waals surface area (Å²) in [5.74, 6) is 1.43. The maximum atomic E-state index is 12.5. The Bertz CT molecular complexity index is 1010. The van der Waals surface area contributed by atoms with Crippen molar-refractivity contribution in [2.24, 2.45) is 0 Å². The van der Waals surface area contributed by atoms with Gasteiger partial charge in [-0.25, -0.2) is 0 Å². The quantitative estimate of drug-likeness (QED) is 0.498. The predicted octanol–water partition coefficient (Wildman–Crippen LogP) is 3.80. The van der Waals surface area contributed by atoms with Crippen molar-refractivity contribution in [1.29, 1.82) is 0 Å². The van der Waals surface area contributed by atoms with E-state index >= 15 is 0 Å². The van der Waals surface area contributed by atoms with Gasteiger partial charge in [0, 0.05) is 44.6 Å². The van der Waals surface area contributed by atoms with Crippen LogP contribution in [0.4, 0.5) is 0 Å². The van der Waals surface area contributed by atoms with Gasteiger partial charge in [0.2, 0.25) is 17.6 Å². The minimum Gasteiger partial charge on any atom is -0.340 e. The second kappa shape index (κ2) is 9.98. The fourth-order valence-corrected chi connectivity index (χ4v) is 4.30. The molecule has 31 heavy (non-hydrogen) atoms. The lowest BCUT2D eigenvalue weighted by molar-refractivity contribution is -0.133. The zero-order chi connectivity index (χ0) is 21.6. The van der Waals surface area contributed by atoms with Crippen LogP contribution < -0.4 is 0 Å². The van der Waals surface area contributed by atoms with Gasteiger partial charge in [-0.2, -0.15) is 4.98 Å². The molecule has 0 N–H and O–H groups in total. The lowest BCUT2D eigenvalue weighted by Crippen LogP contribution is -2.48. The van der Waals surface area contributed by atoms with Gasteiger partial charge in [0.15, 0.2) is 5.78 Å².